The summed E-state index contributed by atoms with van der Waals surface area (Å²) in [5, 5.41) is 0. The number of hydrogen-bond acceptors (Lipinski definition) is 4. The summed E-state index contributed by atoms with van der Waals surface area (Å²) in [4.78, 5) is 0. The standard InChI is InChI=1S/C12H22O4/c1-3-12(8-14-9-12)7-13-6-11-15-5-4-10(2)16-11/h10-11H,3-9H2,1-2H3. The van der Waals surface area contributed by atoms with E-state index in [-0.39, 0.29) is 17.8 Å². The Morgan fingerprint density at radius 1 is 1.38 bits per heavy atom. The second-order valence-electron chi connectivity index (χ2n) is 4.90. The molecule has 94 valence electrons. The maximum absolute atomic E-state index is 5.69. The first-order valence-electron chi connectivity index (χ1n) is 6.17. The summed E-state index contributed by atoms with van der Waals surface area (Å²) in [7, 11) is 0. The molecule has 2 unspecified atom stereocenters. The lowest BCUT2D eigenvalue weighted by Crippen LogP contribution is -2.46. The van der Waals surface area contributed by atoms with Crippen LogP contribution in [-0.4, -0.2) is 45.4 Å². The summed E-state index contributed by atoms with van der Waals surface area (Å²) < 4.78 is 22.0. The Morgan fingerprint density at radius 3 is 2.75 bits per heavy atom. The maximum Gasteiger partial charge on any atom is 0.181 e. The van der Waals surface area contributed by atoms with Gasteiger partial charge in [0.2, 0.25) is 0 Å². The van der Waals surface area contributed by atoms with E-state index in [4.69, 9.17) is 18.9 Å². The summed E-state index contributed by atoms with van der Waals surface area (Å²) in [5.74, 6) is 0. The minimum absolute atomic E-state index is 0.182. The van der Waals surface area contributed by atoms with Crippen LogP contribution in [0.4, 0.5) is 0 Å². The van der Waals surface area contributed by atoms with Crippen LogP contribution in [-0.2, 0) is 18.9 Å². The SMILES string of the molecule is CCC1(COCC2OCCC(C)O2)COC1. The number of rotatable bonds is 5. The zero-order valence-corrected chi connectivity index (χ0v) is 10.2. The minimum atomic E-state index is -0.182. The molecule has 0 aliphatic carbocycles. The van der Waals surface area contributed by atoms with E-state index in [0.29, 0.717) is 6.61 Å². The average molecular weight is 230 g/mol. The van der Waals surface area contributed by atoms with Crippen LogP contribution in [0.3, 0.4) is 0 Å². The van der Waals surface area contributed by atoms with E-state index in [1.54, 1.807) is 0 Å². The van der Waals surface area contributed by atoms with Gasteiger partial charge in [-0.05, 0) is 19.8 Å². The van der Waals surface area contributed by atoms with E-state index >= 15 is 0 Å². The summed E-state index contributed by atoms with van der Waals surface area (Å²) in [6, 6.07) is 0. The third-order valence-corrected chi connectivity index (χ3v) is 3.44. The molecule has 2 saturated heterocycles. The van der Waals surface area contributed by atoms with Crippen LogP contribution >= 0.6 is 0 Å². The van der Waals surface area contributed by atoms with Crippen molar-refractivity contribution in [3.8, 4) is 0 Å². The van der Waals surface area contributed by atoms with Crippen molar-refractivity contribution in [3.63, 3.8) is 0 Å². The molecule has 0 spiro atoms. The van der Waals surface area contributed by atoms with Gasteiger partial charge in [0.15, 0.2) is 6.29 Å². The minimum Gasteiger partial charge on any atom is -0.380 e. The summed E-state index contributed by atoms with van der Waals surface area (Å²) in [5.41, 5.74) is 0.250. The Hall–Kier alpha value is -0.160. The zero-order chi connectivity index (χ0) is 11.4. The first-order valence-corrected chi connectivity index (χ1v) is 6.17. The van der Waals surface area contributed by atoms with Crippen LogP contribution in [0.15, 0.2) is 0 Å². The molecule has 0 bridgehead atoms. The van der Waals surface area contributed by atoms with Gasteiger partial charge in [-0.15, -0.1) is 0 Å². The lowest BCUT2D eigenvalue weighted by Gasteiger charge is -2.40. The van der Waals surface area contributed by atoms with Gasteiger partial charge in [0.25, 0.3) is 0 Å². The van der Waals surface area contributed by atoms with Crippen LogP contribution < -0.4 is 0 Å². The highest BCUT2D eigenvalue weighted by Crippen LogP contribution is 2.31. The van der Waals surface area contributed by atoms with Crippen molar-refractivity contribution in [1.82, 2.24) is 0 Å². The molecule has 2 rings (SSSR count). The normalized spacial score (nSPS) is 33.4. The Kier molecular flexibility index (Phi) is 4.19. The molecule has 0 aromatic carbocycles. The van der Waals surface area contributed by atoms with Gasteiger partial charge in [-0.25, -0.2) is 0 Å². The Morgan fingerprint density at radius 2 is 2.19 bits per heavy atom. The summed E-state index contributed by atoms with van der Waals surface area (Å²) in [6.07, 6.45) is 2.19. The third-order valence-electron chi connectivity index (χ3n) is 3.44. The fraction of sp³-hybridized carbons (Fsp3) is 1.00. The van der Waals surface area contributed by atoms with Crippen molar-refractivity contribution in [2.45, 2.75) is 39.1 Å². The van der Waals surface area contributed by atoms with Gasteiger partial charge >= 0.3 is 0 Å². The summed E-state index contributed by atoms with van der Waals surface area (Å²) >= 11 is 0. The van der Waals surface area contributed by atoms with E-state index in [1.165, 1.54) is 0 Å². The predicted molar refractivity (Wildman–Crippen MR) is 59.3 cm³/mol. The second kappa shape index (κ2) is 5.45. The first kappa shape index (κ1) is 12.3. The van der Waals surface area contributed by atoms with E-state index in [1.807, 2.05) is 0 Å². The Balaban J connectivity index is 1.63. The van der Waals surface area contributed by atoms with E-state index in [0.717, 1.165) is 39.3 Å². The van der Waals surface area contributed by atoms with Crippen molar-refractivity contribution in [3.05, 3.63) is 0 Å². The molecule has 2 heterocycles. The molecule has 0 radical (unpaired) electrons. The van der Waals surface area contributed by atoms with E-state index in [2.05, 4.69) is 13.8 Å². The van der Waals surface area contributed by atoms with Gasteiger partial charge in [-0.2, -0.15) is 0 Å². The second-order valence-corrected chi connectivity index (χ2v) is 4.90. The van der Waals surface area contributed by atoms with Crippen LogP contribution in [0.25, 0.3) is 0 Å². The van der Waals surface area contributed by atoms with Gasteiger partial charge in [0.1, 0.15) is 0 Å². The van der Waals surface area contributed by atoms with Gasteiger partial charge in [0, 0.05) is 5.41 Å². The van der Waals surface area contributed by atoms with Gasteiger partial charge in [-0.3, -0.25) is 0 Å². The molecule has 4 heteroatoms. The lowest BCUT2D eigenvalue weighted by atomic mass is 9.84. The molecular formula is C12H22O4. The Bertz CT molecular complexity index is 210. The highest BCUT2D eigenvalue weighted by atomic mass is 16.7. The van der Waals surface area contributed by atoms with Gasteiger partial charge in [-0.1, -0.05) is 6.92 Å². The van der Waals surface area contributed by atoms with Crippen molar-refractivity contribution in [2.75, 3.05) is 33.0 Å². The molecule has 2 aliphatic rings. The first-order chi connectivity index (χ1) is 7.74. The fourth-order valence-electron chi connectivity index (χ4n) is 1.97. The summed E-state index contributed by atoms with van der Waals surface area (Å²) in [6.45, 7) is 7.97. The molecule has 0 N–H and O–H groups in total. The lowest BCUT2D eigenvalue weighted by molar-refractivity contribution is -0.238. The van der Waals surface area contributed by atoms with Crippen molar-refractivity contribution >= 4 is 0 Å². The van der Waals surface area contributed by atoms with E-state index < -0.39 is 0 Å². The van der Waals surface area contributed by atoms with Crippen molar-refractivity contribution < 1.29 is 18.9 Å². The molecule has 0 aromatic heterocycles. The molecule has 0 amide bonds. The van der Waals surface area contributed by atoms with Crippen molar-refractivity contribution in [2.24, 2.45) is 5.41 Å². The van der Waals surface area contributed by atoms with Crippen LogP contribution in [0.1, 0.15) is 26.7 Å². The molecular weight excluding hydrogens is 208 g/mol. The van der Waals surface area contributed by atoms with Gasteiger partial charge in [0.05, 0.1) is 39.1 Å². The quantitative estimate of drug-likeness (QED) is 0.718. The van der Waals surface area contributed by atoms with Crippen molar-refractivity contribution in [1.29, 1.82) is 0 Å². The highest BCUT2D eigenvalue weighted by molar-refractivity contribution is 4.83. The molecule has 16 heavy (non-hydrogen) atoms. The Labute approximate surface area is 97.2 Å². The highest BCUT2D eigenvalue weighted by Gasteiger charge is 2.37. The maximum atomic E-state index is 5.69. The zero-order valence-electron chi connectivity index (χ0n) is 10.2. The fourth-order valence-corrected chi connectivity index (χ4v) is 1.97. The monoisotopic (exact) mass is 230 g/mol. The molecule has 0 aromatic rings. The molecule has 2 aliphatic heterocycles. The van der Waals surface area contributed by atoms with Crippen LogP contribution in [0.5, 0.6) is 0 Å². The molecule has 2 atom stereocenters. The largest absolute Gasteiger partial charge is 0.380 e. The smallest absolute Gasteiger partial charge is 0.181 e. The van der Waals surface area contributed by atoms with E-state index in [9.17, 15) is 0 Å². The average Bonchev–Trinajstić information content (AvgIpc) is 2.22. The molecule has 4 nitrogen and oxygen atoms in total. The van der Waals surface area contributed by atoms with Crippen LogP contribution in [0.2, 0.25) is 0 Å². The molecule has 0 saturated carbocycles. The number of ether oxygens (including phenoxy) is 4. The topological polar surface area (TPSA) is 36.9 Å². The third kappa shape index (κ3) is 2.94. The van der Waals surface area contributed by atoms with Crippen LogP contribution in [0, 0.1) is 5.41 Å². The molecule has 2 fully saturated rings. The van der Waals surface area contributed by atoms with Gasteiger partial charge < -0.3 is 18.9 Å². The predicted octanol–water partition coefficient (Wildman–Crippen LogP) is 1.58. The number of hydrogen-bond donors (Lipinski definition) is 0.